The second-order valence-corrected chi connectivity index (χ2v) is 7.25. The van der Waals surface area contributed by atoms with E-state index in [-0.39, 0.29) is 16.9 Å². The zero-order valence-electron chi connectivity index (χ0n) is 16.9. The monoisotopic (exact) mass is 428 g/mol. The molecule has 7 nitrogen and oxygen atoms in total. The fourth-order valence-corrected chi connectivity index (χ4v) is 3.42. The number of nitrogens with one attached hydrogen (secondary N) is 2. The first-order chi connectivity index (χ1) is 15.4. The number of rotatable bonds is 6. The average Bonchev–Trinajstić information content (AvgIpc) is 3.07. The Labute approximate surface area is 183 Å². The fourth-order valence-electron chi connectivity index (χ4n) is 3.42. The van der Waals surface area contributed by atoms with Crippen molar-refractivity contribution in [1.29, 1.82) is 0 Å². The predicted molar refractivity (Wildman–Crippen MR) is 120 cm³/mol. The number of aromatic hydroxyl groups is 2. The van der Waals surface area contributed by atoms with Crippen molar-refractivity contribution in [3.63, 3.8) is 0 Å². The molecule has 1 amide bonds. The van der Waals surface area contributed by atoms with Crippen molar-refractivity contribution in [3.8, 4) is 22.8 Å². The summed E-state index contributed by atoms with van der Waals surface area (Å²) in [6.07, 6.45) is 0.336. The molecule has 7 heteroatoms. The van der Waals surface area contributed by atoms with Crippen molar-refractivity contribution < 1.29 is 24.9 Å². The van der Waals surface area contributed by atoms with Gasteiger partial charge in [-0.25, -0.2) is 4.79 Å². The molecule has 0 aliphatic rings. The van der Waals surface area contributed by atoms with Gasteiger partial charge in [0.15, 0.2) is 5.75 Å². The molecular weight excluding hydrogens is 408 g/mol. The molecule has 0 bridgehead atoms. The van der Waals surface area contributed by atoms with Crippen LogP contribution in [-0.4, -0.2) is 32.2 Å². The third-order valence-corrected chi connectivity index (χ3v) is 5.09. The summed E-state index contributed by atoms with van der Waals surface area (Å²) < 4.78 is 0. The van der Waals surface area contributed by atoms with E-state index < -0.39 is 17.8 Å². The summed E-state index contributed by atoms with van der Waals surface area (Å²) in [5, 5.41) is 32.3. The minimum Gasteiger partial charge on any atom is -0.505 e. The van der Waals surface area contributed by atoms with Gasteiger partial charge in [0.25, 0.3) is 5.91 Å². The molecular formula is C25H20N2O5. The van der Waals surface area contributed by atoms with Crippen LogP contribution in [-0.2, 0) is 6.42 Å². The molecule has 1 heterocycles. The van der Waals surface area contributed by atoms with Crippen LogP contribution in [0.4, 0.5) is 5.69 Å². The summed E-state index contributed by atoms with van der Waals surface area (Å²) in [4.78, 5) is 26.3. The summed E-state index contributed by atoms with van der Waals surface area (Å²) in [5.41, 5.74) is 3.41. The molecule has 5 N–H and O–H groups in total. The standard InChI is InChI=1S/C25H20N2O5/c28-22-20(14-15-4-2-1-3-5-15)27-24(30)21(22)23(29)26-19-12-10-17(11-13-19)16-6-8-18(9-7-16)25(31)32/h1-13,27-28,30H,14H2,(H,26,29)(H,31,32). The molecule has 0 radical (unpaired) electrons. The Morgan fingerprint density at radius 2 is 1.41 bits per heavy atom. The van der Waals surface area contributed by atoms with Gasteiger partial charge < -0.3 is 25.6 Å². The van der Waals surface area contributed by atoms with E-state index in [0.717, 1.165) is 16.7 Å². The highest BCUT2D eigenvalue weighted by Gasteiger charge is 2.23. The fraction of sp³-hybridized carbons (Fsp3) is 0.0400. The molecule has 4 rings (SSSR count). The van der Waals surface area contributed by atoms with Crippen LogP contribution < -0.4 is 5.32 Å². The second kappa shape index (κ2) is 8.69. The molecule has 0 spiro atoms. The molecule has 0 saturated carbocycles. The van der Waals surface area contributed by atoms with E-state index in [0.29, 0.717) is 17.8 Å². The van der Waals surface area contributed by atoms with Crippen molar-refractivity contribution >= 4 is 17.6 Å². The van der Waals surface area contributed by atoms with E-state index in [1.54, 1.807) is 36.4 Å². The zero-order valence-corrected chi connectivity index (χ0v) is 16.9. The largest absolute Gasteiger partial charge is 0.505 e. The summed E-state index contributed by atoms with van der Waals surface area (Å²) in [6, 6.07) is 22.8. The molecule has 0 aliphatic heterocycles. The highest BCUT2D eigenvalue weighted by atomic mass is 16.4. The number of hydrogen-bond acceptors (Lipinski definition) is 4. The number of hydrogen-bond donors (Lipinski definition) is 5. The maximum Gasteiger partial charge on any atom is 0.335 e. The van der Waals surface area contributed by atoms with Crippen molar-refractivity contribution in [2.45, 2.75) is 6.42 Å². The molecule has 0 saturated heterocycles. The predicted octanol–water partition coefficient (Wildman–Crippen LogP) is 4.63. The van der Waals surface area contributed by atoms with Gasteiger partial charge in [-0.2, -0.15) is 0 Å². The highest BCUT2D eigenvalue weighted by Crippen LogP contribution is 2.33. The van der Waals surface area contributed by atoms with Gasteiger partial charge >= 0.3 is 5.97 Å². The molecule has 0 unspecified atom stereocenters. The molecule has 3 aromatic carbocycles. The summed E-state index contributed by atoms with van der Waals surface area (Å²) in [6.45, 7) is 0. The molecule has 1 aromatic heterocycles. The smallest absolute Gasteiger partial charge is 0.335 e. The van der Waals surface area contributed by atoms with Gasteiger partial charge in [0.05, 0.1) is 11.3 Å². The van der Waals surface area contributed by atoms with Crippen molar-refractivity contribution in [1.82, 2.24) is 4.98 Å². The summed E-state index contributed by atoms with van der Waals surface area (Å²) in [5.74, 6) is -2.33. The van der Waals surface area contributed by atoms with E-state index in [4.69, 9.17) is 5.11 Å². The van der Waals surface area contributed by atoms with Gasteiger partial charge in [-0.3, -0.25) is 4.79 Å². The normalized spacial score (nSPS) is 10.6. The van der Waals surface area contributed by atoms with E-state index in [2.05, 4.69) is 10.3 Å². The van der Waals surface area contributed by atoms with E-state index in [1.165, 1.54) is 12.1 Å². The van der Waals surface area contributed by atoms with Crippen LogP contribution in [0, 0.1) is 0 Å². The average molecular weight is 428 g/mol. The maximum absolute atomic E-state index is 12.7. The number of carbonyl (C=O) groups is 2. The molecule has 160 valence electrons. The Hall–Kier alpha value is -4.52. The Morgan fingerprint density at radius 1 is 0.812 bits per heavy atom. The number of aromatic amines is 1. The lowest BCUT2D eigenvalue weighted by Crippen LogP contribution is -2.11. The van der Waals surface area contributed by atoms with E-state index >= 15 is 0 Å². The van der Waals surface area contributed by atoms with Crippen LogP contribution in [0.2, 0.25) is 0 Å². The Bertz CT molecular complexity index is 1260. The van der Waals surface area contributed by atoms with Gasteiger partial charge in [-0.15, -0.1) is 0 Å². The molecule has 0 aliphatic carbocycles. The lowest BCUT2D eigenvalue weighted by Gasteiger charge is -2.07. The lowest BCUT2D eigenvalue weighted by molar-refractivity contribution is 0.0696. The SMILES string of the molecule is O=C(O)c1ccc(-c2ccc(NC(=O)c3c(O)[nH]c(Cc4ccccc4)c3O)cc2)cc1. The van der Waals surface area contributed by atoms with Gasteiger partial charge in [0.2, 0.25) is 5.88 Å². The van der Waals surface area contributed by atoms with Crippen LogP contribution >= 0.6 is 0 Å². The van der Waals surface area contributed by atoms with Crippen LogP contribution in [0.25, 0.3) is 11.1 Å². The topological polar surface area (TPSA) is 123 Å². The number of aromatic nitrogens is 1. The van der Waals surface area contributed by atoms with Crippen molar-refractivity contribution in [2.24, 2.45) is 0 Å². The van der Waals surface area contributed by atoms with Gasteiger partial charge in [0.1, 0.15) is 5.56 Å². The minimum absolute atomic E-state index is 0.204. The third-order valence-electron chi connectivity index (χ3n) is 5.09. The number of anilines is 1. The van der Waals surface area contributed by atoms with Crippen LogP contribution in [0.1, 0.15) is 32.0 Å². The third kappa shape index (κ3) is 4.32. The van der Waals surface area contributed by atoms with Crippen molar-refractivity contribution in [3.05, 3.63) is 101 Å². The molecule has 4 aromatic rings. The van der Waals surface area contributed by atoms with Crippen LogP contribution in [0.15, 0.2) is 78.9 Å². The Balaban J connectivity index is 1.49. The number of amides is 1. The zero-order chi connectivity index (χ0) is 22.7. The first-order valence-corrected chi connectivity index (χ1v) is 9.84. The minimum atomic E-state index is -0.988. The van der Waals surface area contributed by atoms with Gasteiger partial charge in [0, 0.05) is 12.1 Å². The molecule has 0 fully saturated rings. The molecule has 32 heavy (non-hydrogen) atoms. The first kappa shape index (κ1) is 20.7. The maximum atomic E-state index is 12.7. The van der Waals surface area contributed by atoms with E-state index in [1.807, 2.05) is 30.3 Å². The highest BCUT2D eigenvalue weighted by molar-refractivity contribution is 6.08. The first-order valence-electron chi connectivity index (χ1n) is 9.84. The van der Waals surface area contributed by atoms with E-state index in [9.17, 15) is 19.8 Å². The number of aromatic carboxylic acids is 1. The number of carboxylic acids is 1. The Morgan fingerprint density at radius 3 is 2.00 bits per heavy atom. The van der Waals surface area contributed by atoms with Crippen LogP contribution in [0.5, 0.6) is 11.6 Å². The van der Waals surface area contributed by atoms with Crippen molar-refractivity contribution in [2.75, 3.05) is 5.32 Å². The van der Waals surface area contributed by atoms with Gasteiger partial charge in [-0.1, -0.05) is 54.6 Å². The lowest BCUT2D eigenvalue weighted by atomic mass is 10.0. The Kier molecular flexibility index (Phi) is 5.63. The van der Waals surface area contributed by atoms with Crippen LogP contribution in [0.3, 0.4) is 0 Å². The number of carbonyl (C=O) groups excluding carboxylic acids is 1. The number of benzene rings is 3. The number of carboxylic acid groups (broad SMARTS) is 1. The van der Waals surface area contributed by atoms with Gasteiger partial charge in [-0.05, 0) is 41.0 Å². The molecule has 0 atom stereocenters. The summed E-state index contributed by atoms with van der Waals surface area (Å²) >= 11 is 0. The summed E-state index contributed by atoms with van der Waals surface area (Å²) in [7, 11) is 0. The number of H-pyrrole nitrogens is 1. The quantitative estimate of drug-likeness (QED) is 0.306. The second-order valence-electron chi connectivity index (χ2n) is 7.25.